The molecule has 0 spiro atoms. The minimum absolute atomic E-state index is 0.00889. The van der Waals surface area contributed by atoms with Crippen molar-refractivity contribution < 1.29 is 9.53 Å². The highest BCUT2D eigenvalue weighted by Gasteiger charge is 2.23. The summed E-state index contributed by atoms with van der Waals surface area (Å²) in [7, 11) is 1.65. The summed E-state index contributed by atoms with van der Waals surface area (Å²) in [6.07, 6.45) is 5.36. The smallest absolute Gasteiger partial charge is 0.262 e. The fraction of sp³-hybridized carbons (Fsp3) is 0.571. The molecule has 0 bridgehead atoms. The summed E-state index contributed by atoms with van der Waals surface area (Å²) < 4.78 is 6.79. The van der Waals surface area contributed by atoms with Gasteiger partial charge in [0.2, 0.25) is 5.91 Å². The van der Waals surface area contributed by atoms with Crippen LogP contribution in [0.15, 0.2) is 34.2 Å². The molecule has 1 fully saturated rings. The zero-order valence-electron chi connectivity index (χ0n) is 16.6. The van der Waals surface area contributed by atoms with Crippen molar-refractivity contribution in [2.45, 2.75) is 56.8 Å². The van der Waals surface area contributed by atoms with Gasteiger partial charge < -0.3 is 10.1 Å². The molecule has 1 aliphatic rings. The number of amides is 1. The van der Waals surface area contributed by atoms with Crippen LogP contribution in [0, 0.1) is 5.92 Å². The lowest BCUT2D eigenvalue weighted by atomic mass is 9.86. The van der Waals surface area contributed by atoms with Crippen LogP contribution in [0.5, 0.6) is 0 Å². The Morgan fingerprint density at radius 3 is 2.89 bits per heavy atom. The zero-order chi connectivity index (χ0) is 19.9. The van der Waals surface area contributed by atoms with Gasteiger partial charge in [-0.2, -0.15) is 0 Å². The summed E-state index contributed by atoms with van der Waals surface area (Å²) in [5.74, 6) is 0.793. The summed E-state index contributed by atoms with van der Waals surface area (Å²) >= 11 is 1.33. The monoisotopic (exact) mass is 403 g/mol. The second-order valence-corrected chi connectivity index (χ2v) is 8.38. The quantitative estimate of drug-likeness (QED) is 0.416. The normalized spacial score (nSPS) is 19.6. The number of benzene rings is 1. The fourth-order valence-electron chi connectivity index (χ4n) is 3.73. The molecule has 1 aromatic heterocycles. The molecule has 1 amide bonds. The second-order valence-electron chi connectivity index (χ2n) is 7.44. The third-order valence-electron chi connectivity index (χ3n) is 5.35. The lowest BCUT2D eigenvalue weighted by Crippen LogP contribution is -2.42. The topological polar surface area (TPSA) is 73.2 Å². The van der Waals surface area contributed by atoms with Crippen molar-refractivity contribution >= 4 is 28.6 Å². The van der Waals surface area contributed by atoms with Crippen LogP contribution in [-0.2, 0) is 16.1 Å². The van der Waals surface area contributed by atoms with Crippen molar-refractivity contribution in [3.8, 4) is 0 Å². The van der Waals surface area contributed by atoms with Crippen molar-refractivity contribution in [1.29, 1.82) is 0 Å². The van der Waals surface area contributed by atoms with Crippen LogP contribution in [-0.4, -0.2) is 41.0 Å². The molecule has 28 heavy (non-hydrogen) atoms. The van der Waals surface area contributed by atoms with Crippen molar-refractivity contribution in [2.24, 2.45) is 5.92 Å². The Kier molecular flexibility index (Phi) is 7.50. The number of thioether (sulfide) groups is 1. The molecule has 1 heterocycles. The van der Waals surface area contributed by atoms with Crippen LogP contribution in [0.25, 0.3) is 10.9 Å². The number of hydrogen-bond acceptors (Lipinski definition) is 5. The predicted octanol–water partition coefficient (Wildman–Crippen LogP) is 3.22. The number of nitrogens with zero attached hydrogens (tertiary/aromatic N) is 2. The molecule has 1 aliphatic carbocycles. The number of aromatic nitrogens is 2. The Morgan fingerprint density at radius 1 is 1.32 bits per heavy atom. The van der Waals surface area contributed by atoms with Gasteiger partial charge in [-0.15, -0.1) is 0 Å². The van der Waals surface area contributed by atoms with Gasteiger partial charge in [-0.05, 0) is 37.3 Å². The average molecular weight is 404 g/mol. The number of carbonyl (C=O) groups is 1. The molecule has 0 saturated heterocycles. The van der Waals surface area contributed by atoms with Crippen molar-refractivity contribution in [3.63, 3.8) is 0 Å². The predicted molar refractivity (Wildman–Crippen MR) is 113 cm³/mol. The first-order chi connectivity index (χ1) is 13.6. The van der Waals surface area contributed by atoms with Crippen LogP contribution in [0.3, 0.4) is 0 Å². The molecule has 0 radical (unpaired) electrons. The Balaban J connectivity index is 1.74. The standard InChI is InChI=1S/C21H29N3O3S/c1-15-8-3-5-10-17(15)22-19(25)14-28-21-23-18-11-6-4-9-16(18)20(26)24(21)12-7-13-27-2/h4,6,9,11,15,17H,3,5,7-8,10,12-14H2,1-2H3,(H,22,25)/t15-,17+/m0/s1. The van der Waals surface area contributed by atoms with Crippen LogP contribution in [0.2, 0.25) is 0 Å². The number of fused-ring (bicyclic) bond motifs is 1. The Hall–Kier alpha value is -1.86. The molecule has 0 unspecified atom stereocenters. The number of carbonyl (C=O) groups excluding carboxylic acids is 1. The average Bonchev–Trinajstić information content (AvgIpc) is 2.70. The SMILES string of the molecule is COCCCn1c(SCC(=O)N[C@@H]2CCCC[C@@H]2C)nc2ccccc2c1=O. The van der Waals surface area contributed by atoms with Crippen LogP contribution in [0.1, 0.15) is 39.0 Å². The van der Waals surface area contributed by atoms with Gasteiger partial charge in [0.05, 0.1) is 16.7 Å². The van der Waals surface area contributed by atoms with Gasteiger partial charge in [0.15, 0.2) is 5.16 Å². The molecule has 0 aliphatic heterocycles. The van der Waals surface area contributed by atoms with E-state index in [1.54, 1.807) is 17.7 Å². The Morgan fingerprint density at radius 2 is 2.11 bits per heavy atom. The van der Waals surface area contributed by atoms with Crippen molar-refractivity contribution in [2.75, 3.05) is 19.5 Å². The summed E-state index contributed by atoms with van der Waals surface area (Å²) in [6, 6.07) is 7.61. The molecular formula is C21H29N3O3S. The maximum absolute atomic E-state index is 12.9. The van der Waals surface area contributed by atoms with Gasteiger partial charge >= 0.3 is 0 Å². The van der Waals surface area contributed by atoms with Gasteiger partial charge in [0.1, 0.15) is 0 Å². The lowest BCUT2D eigenvalue weighted by Gasteiger charge is -2.29. The summed E-state index contributed by atoms with van der Waals surface area (Å²) in [6.45, 7) is 3.30. The molecular weight excluding hydrogens is 374 g/mol. The lowest BCUT2D eigenvalue weighted by molar-refractivity contribution is -0.119. The Labute approximate surface area is 170 Å². The minimum atomic E-state index is -0.0643. The summed E-state index contributed by atoms with van der Waals surface area (Å²) in [5.41, 5.74) is 0.602. The molecule has 7 heteroatoms. The molecule has 152 valence electrons. The van der Waals surface area contributed by atoms with E-state index < -0.39 is 0 Å². The number of methoxy groups -OCH3 is 1. The first-order valence-corrected chi connectivity index (χ1v) is 11.0. The molecule has 2 aromatic rings. The number of nitrogens with one attached hydrogen (secondary N) is 1. The zero-order valence-corrected chi connectivity index (χ0v) is 17.5. The highest BCUT2D eigenvalue weighted by Crippen LogP contribution is 2.24. The molecule has 1 N–H and O–H groups in total. The van der Waals surface area contributed by atoms with E-state index in [4.69, 9.17) is 4.74 Å². The second kappa shape index (κ2) is 10.1. The van der Waals surface area contributed by atoms with Gasteiger partial charge in [0, 0.05) is 26.3 Å². The molecule has 6 nitrogen and oxygen atoms in total. The van der Waals surface area contributed by atoms with E-state index in [0.717, 1.165) is 12.8 Å². The number of para-hydroxylation sites is 1. The highest BCUT2D eigenvalue weighted by molar-refractivity contribution is 7.99. The maximum atomic E-state index is 12.9. The minimum Gasteiger partial charge on any atom is -0.385 e. The Bertz CT molecular complexity index is 868. The van der Waals surface area contributed by atoms with E-state index in [2.05, 4.69) is 17.2 Å². The van der Waals surface area contributed by atoms with Crippen LogP contribution >= 0.6 is 11.8 Å². The van der Waals surface area contributed by atoms with E-state index in [1.165, 1.54) is 31.0 Å². The maximum Gasteiger partial charge on any atom is 0.262 e. The molecule has 1 aromatic carbocycles. The molecule has 3 rings (SSSR count). The number of ether oxygens (including phenoxy) is 1. The first-order valence-electron chi connectivity index (χ1n) is 10.0. The van der Waals surface area contributed by atoms with E-state index in [-0.39, 0.29) is 23.3 Å². The number of rotatable bonds is 8. The van der Waals surface area contributed by atoms with E-state index in [9.17, 15) is 9.59 Å². The first kappa shape index (κ1) is 20.9. The third kappa shape index (κ3) is 5.14. The third-order valence-corrected chi connectivity index (χ3v) is 6.32. The molecule has 1 saturated carbocycles. The number of hydrogen-bond donors (Lipinski definition) is 1. The summed E-state index contributed by atoms with van der Waals surface area (Å²) in [4.78, 5) is 30.1. The van der Waals surface area contributed by atoms with E-state index >= 15 is 0 Å². The highest BCUT2D eigenvalue weighted by atomic mass is 32.2. The van der Waals surface area contributed by atoms with Crippen LogP contribution in [0.4, 0.5) is 0 Å². The van der Waals surface area contributed by atoms with Crippen molar-refractivity contribution in [3.05, 3.63) is 34.6 Å². The van der Waals surface area contributed by atoms with Gasteiger partial charge in [-0.3, -0.25) is 14.2 Å². The largest absolute Gasteiger partial charge is 0.385 e. The van der Waals surface area contributed by atoms with E-state index in [1.807, 2.05) is 18.2 Å². The van der Waals surface area contributed by atoms with Gasteiger partial charge in [-0.25, -0.2) is 4.98 Å². The van der Waals surface area contributed by atoms with E-state index in [0.29, 0.717) is 35.1 Å². The summed E-state index contributed by atoms with van der Waals surface area (Å²) in [5, 5.41) is 4.36. The fourth-order valence-corrected chi connectivity index (χ4v) is 4.57. The van der Waals surface area contributed by atoms with Gasteiger partial charge in [-0.1, -0.05) is 43.7 Å². The molecule has 2 atom stereocenters. The van der Waals surface area contributed by atoms with Crippen molar-refractivity contribution in [1.82, 2.24) is 14.9 Å². The van der Waals surface area contributed by atoms with Gasteiger partial charge in [0.25, 0.3) is 5.56 Å². The van der Waals surface area contributed by atoms with Crippen LogP contribution < -0.4 is 10.9 Å².